The van der Waals surface area contributed by atoms with E-state index in [0.29, 0.717) is 10.2 Å². The molecule has 0 aliphatic carbocycles. The Morgan fingerprint density at radius 1 is 1.32 bits per heavy atom. The van der Waals surface area contributed by atoms with E-state index < -0.39 is 5.82 Å². The molecule has 8 heteroatoms. The van der Waals surface area contributed by atoms with Gasteiger partial charge in [-0.1, -0.05) is 35.5 Å². The van der Waals surface area contributed by atoms with E-state index >= 15 is 0 Å². The van der Waals surface area contributed by atoms with Crippen molar-refractivity contribution in [2.75, 3.05) is 11.1 Å². The Labute approximate surface area is 153 Å². The van der Waals surface area contributed by atoms with Crippen molar-refractivity contribution in [2.24, 2.45) is 0 Å². The van der Waals surface area contributed by atoms with Gasteiger partial charge in [0.05, 0.1) is 17.1 Å². The number of hydrogen-bond acceptors (Lipinski definition) is 4. The number of nitrogens with one attached hydrogen (secondary N) is 1. The van der Waals surface area contributed by atoms with Gasteiger partial charge >= 0.3 is 0 Å². The predicted octanol–water partition coefficient (Wildman–Crippen LogP) is 4.10. The molecule has 2 aromatic carbocycles. The molecule has 1 aromatic heterocycles. The first-order chi connectivity index (χ1) is 12.0. The van der Waals surface area contributed by atoms with Crippen LogP contribution < -0.4 is 5.32 Å². The second kappa shape index (κ2) is 7.67. The minimum atomic E-state index is -0.467. The summed E-state index contributed by atoms with van der Waals surface area (Å²) in [5.74, 6) is -0.715. The number of aryl methyl sites for hydroxylation is 1. The minimum Gasteiger partial charge on any atom is -0.323 e. The molecule has 3 rings (SSSR count). The third-order valence-corrected chi connectivity index (χ3v) is 4.51. The Morgan fingerprint density at radius 3 is 2.96 bits per heavy atom. The number of carbonyl (C=O) groups is 1. The van der Waals surface area contributed by atoms with Gasteiger partial charge in [0.15, 0.2) is 5.16 Å². The zero-order chi connectivity index (χ0) is 17.8. The van der Waals surface area contributed by atoms with Crippen LogP contribution in [0.25, 0.3) is 5.69 Å². The van der Waals surface area contributed by atoms with Crippen LogP contribution in [-0.4, -0.2) is 26.4 Å². The minimum absolute atomic E-state index is 0.0760. The van der Waals surface area contributed by atoms with Crippen molar-refractivity contribution in [1.82, 2.24) is 14.8 Å². The topological polar surface area (TPSA) is 59.8 Å². The van der Waals surface area contributed by atoms with Gasteiger partial charge < -0.3 is 5.32 Å². The van der Waals surface area contributed by atoms with Gasteiger partial charge in [0.25, 0.3) is 0 Å². The van der Waals surface area contributed by atoms with Gasteiger partial charge in [0.2, 0.25) is 5.91 Å². The lowest BCUT2D eigenvalue weighted by molar-refractivity contribution is -0.113. The quantitative estimate of drug-likeness (QED) is 0.681. The van der Waals surface area contributed by atoms with E-state index in [0.717, 1.165) is 11.3 Å². The van der Waals surface area contributed by atoms with Crippen LogP contribution in [0.4, 0.5) is 10.1 Å². The van der Waals surface area contributed by atoms with Crippen molar-refractivity contribution in [1.29, 1.82) is 0 Å². The zero-order valence-electron chi connectivity index (χ0n) is 13.2. The number of anilines is 1. The molecule has 0 spiro atoms. The van der Waals surface area contributed by atoms with Crippen molar-refractivity contribution < 1.29 is 9.18 Å². The normalized spacial score (nSPS) is 10.7. The monoisotopic (exact) mass is 376 g/mol. The predicted molar refractivity (Wildman–Crippen MR) is 96.9 cm³/mol. The second-order valence-corrected chi connectivity index (χ2v) is 6.66. The molecule has 0 fully saturated rings. The molecular weight excluding hydrogens is 363 g/mol. The van der Waals surface area contributed by atoms with Crippen LogP contribution in [0, 0.1) is 12.7 Å². The fourth-order valence-corrected chi connectivity index (χ4v) is 3.09. The number of carbonyl (C=O) groups excluding carboxylic acids is 1. The third kappa shape index (κ3) is 4.37. The van der Waals surface area contributed by atoms with E-state index in [9.17, 15) is 9.18 Å². The molecule has 0 atom stereocenters. The van der Waals surface area contributed by atoms with Crippen LogP contribution in [0.3, 0.4) is 0 Å². The summed E-state index contributed by atoms with van der Waals surface area (Å²) in [4.78, 5) is 12.1. The van der Waals surface area contributed by atoms with Crippen LogP contribution in [0.15, 0.2) is 53.9 Å². The Kier molecular flexibility index (Phi) is 5.35. The number of nitrogens with zero attached hydrogens (tertiary/aromatic N) is 3. The van der Waals surface area contributed by atoms with Crippen LogP contribution in [0.5, 0.6) is 0 Å². The van der Waals surface area contributed by atoms with Gasteiger partial charge in [0.1, 0.15) is 12.1 Å². The van der Waals surface area contributed by atoms with E-state index in [4.69, 9.17) is 11.6 Å². The smallest absolute Gasteiger partial charge is 0.234 e. The van der Waals surface area contributed by atoms with Gasteiger partial charge in [-0.3, -0.25) is 9.36 Å². The van der Waals surface area contributed by atoms with Gasteiger partial charge in [-0.2, -0.15) is 0 Å². The van der Waals surface area contributed by atoms with Gasteiger partial charge in [0, 0.05) is 5.02 Å². The summed E-state index contributed by atoms with van der Waals surface area (Å²) in [6.07, 6.45) is 1.55. The molecule has 128 valence electrons. The number of amides is 1. The maximum Gasteiger partial charge on any atom is 0.234 e. The van der Waals surface area contributed by atoms with E-state index in [1.807, 2.05) is 19.1 Å². The summed E-state index contributed by atoms with van der Waals surface area (Å²) in [6.45, 7) is 1.83. The zero-order valence-corrected chi connectivity index (χ0v) is 14.8. The van der Waals surface area contributed by atoms with Crippen LogP contribution >= 0.6 is 23.4 Å². The molecule has 0 radical (unpaired) electrons. The third-order valence-electron chi connectivity index (χ3n) is 3.33. The molecule has 3 aromatic rings. The maximum absolute atomic E-state index is 13.7. The molecule has 25 heavy (non-hydrogen) atoms. The summed E-state index contributed by atoms with van der Waals surface area (Å²) in [7, 11) is 0. The number of halogens is 2. The first-order valence-electron chi connectivity index (χ1n) is 7.38. The highest BCUT2D eigenvalue weighted by molar-refractivity contribution is 7.99. The fraction of sp³-hybridized carbons (Fsp3) is 0.118. The second-order valence-electron chi connectivity index (χ2n) is 5.28. The molecule has 1 heterocycles. The largest absolute Gasteiger partial charge is 0.323 e. The summed E-state index contributed by atoms with van der Waals surface area (Å²) in [5, 5.41) is 11.6. The molecule has 1 amide bonds. The molecule has 0 aliphatic heterocycles. The van der Waals surface area contributed by atoms with Crippen LogP contribution in [0.2, 0.25) is 5.02 Å². The number of rotatable bonds is 5. The molecule has 0 saturated carbocycles. The van der Waals surface area contributed by atoms with Gasteiger partial charge in [-0.05, 0) is 42.8 Å². The lowest BCUT2D eigenvalue weighted by Gasteiger charge is -2.08. The van der Waals surface area contributed by atoms with Crippen molar-refractivity contribution in [2.45, 2.75) is 12.1 Å². The Hall–Kier alpha value is -2.38. The highest BCUT2D eigenvalue weighted by Gasteiger charge is 2.12. The van der Waals surface area contributed by atoms with E-state index in [2.05, 4.69) is 15.5 Å². The molecule has 0 saturated heterocycles. The van der Waals surface area contributed by atoms with Gasteiger partial charge in [-0.25, -0.2) is 4.39 Å². The fourth-order valence-electron chi connectivity index (χ4n) is 2.18. The Morgan fingerprint density at radius 2 is 2.16 bits per heavy atom. The van der Waals surface area contributed by atoms with Crippen LogP contribution in [0.1, 0.15) is 5.56 Å². The number of thioether (sulfide) groups is 1. The highest BCUT2D eigenvalue weighted by Crippen LogP contribution is 2.22. The summed E-state index contributed by atoms with van der Waals surface area (Å²) >= 11 is 7.20. The van der Waals surface area contributed by atoms with Crippen molar-refractivity contribution in [3.63, 3.8) is 0 Å². The van der Waals surface area contributed by atoms with Crippen molar-refractivity contribution in [3.05, 3.63) is 65.2 Å². The SMILES string of the molecule is Cc1ccc(F)c(NC(=O)CSc2nncn2-c2cccc(Cl)c2)c1. The molecule has 5 nitrogen and oxygen atoms in total. The molecule has 0 bridgehead atoms. The lowest BCUT2D eigenvalue weighted by Crippen LogP contribution is -2.15. The number of benzene rings is 2. The van der Waals surface area contributed by atoms with Gasteiger partial charge in [-0.15, -0.1) is 10.2 Å². The van der Waals surface area contributed by atoms with E-state index in [-0.39, 0.29) is 17.3 Å². The lowest BCUT2D eigenvalue weighted by atomic mass is 10.2. The van der Waals surface area contributed by atoms with Crippen molar-refractivity contribution in [3.8, 4) is 5.69 Å². The van der Waals surface area contributed by atoms with Crippen molar-refractivity contribution >= 4 is 35.0 Å². The van der Waals surface area contributed by atoms with E-state index in [1.54, 1.807) is 35.2 Å². The summed E-state index contributed by atoms with van der Waals surface area (Å²) in [5.41, 5.74) is 1.83. The number of hydrogen-bond donors (Lipinski definition) is 1. The van der Waals surface area contributed by atoms with Crippen LogP contribution in [-0.2, 0) is 4.79 Å². The Balaban J connectivity index is 1.67. The molecule has 0 unspecified atom stereocenters. The summed E-state index contributed by atoms with van der Waals surface area (Å²) < 4.78 is 15.4. The first kappa shape index (κ1) is 17.4. The maximum atomic E-state index is 13.7. The summed E-state index contributed by atoms with van der Waals surface area (Å²) in [6, 6.07) is 11.8. The average molecular weight is 377 g/mol. The average Bonchev–Trinajstić information content (AvgIpc) is 3.05. The highest BCUT2D eigenvalue weighted by atomic mass is 35.5. The van der Waals surface area contributed by atoms with E-state index in [1.165, 1.54) is 17.8 Å². The molecule has 1 N–H and O–H groups in total. The Bertz CT molecular complexity index is 915. The molecular formula is C17H14ClFN4OS. The standard InChI is InChI=1S/C17H14ClFN4OS/c1-11-5-6-14(19)15(7-11)21-16(24)9-25-17-22-20-10-23(17)13-4-2-3-12(18)8-13/h2-8,10H,9H2,1H3,(H,21,24). The number of aromatic nitrogens is 3. The molecule has 0 aliphatic rings. The first-order valence-corrected chi connectivity index (χ1v) is 8.74.